The third kappa shape index (κ3) is 0.743. The third-order valence-corrected chi connectivity index (χ3v) is 1.62. The Morgan fingerprint density at radius 2 is 2.55 bits per heavy atom. The first-order valence-corrected chi connectivity index (χ1v) is 3.29. The molecule has 5 heteroatoms. The molecule has 0 fully saturated rings. The summed E-state index contributed by atoms with van der Waals surface area (Å²) >= 11 is 0. The zero-order valence-corrected chi connectivity index (χ0v) is 6.11. The van der Waals surface area contributed by atoms with Gasteiger partial charge in [-0.1, -0.05) is 5.16 Å². The van der Waals surface area contributed by atoms with Crippen LogP contribution in [0.1, 0.15) is 5.69 Å². The van der Waals surface area contributed by atoms with Crippen molar-refractivity contribution in [2.24, 2.45) is 12.8 Å². The van der Waals surface area contributed by atoms with Crippen LogP contribution >= 0.6 is 0 Å². The van der Waals surface area contributed by atoms with E-state index in [1.807, 2.05) is 0 Å². The Labute approximate surface area is 62.8 Å². The Morgan fingerprint density at radius 3 is 3.27 bits per heavy atom. The molecule has 0 aliphatic heterocycles. The molecule has 2 aromatic rings. The number of aromatic nitrogens is 3. The van der Waals surface area contributed by atoms with Crippen molar-refractivity contribution < 1.29 is 4.52 Å². The minimum absolute atomic E-state index is 0.415. The molecule has 0 aliphatic rings. The molecule has 2 heterocycles. The van der Waals surface area contributed by atoms with Crippen LogP contribution in [0.2, 0.25) is 0 Å². The molecule has 2 rings (SSSR count). The second-order valence-electron chi connectivity index (χ2n) is 2.32. The summed E-state index contributed by atoms with van der Waals surface area (Å²) in [6.45, 7) is 0.415. The Hall–Kier alpha value is -1.36. The van der Waals surface area contributed by atoms with Gasteiger partial charge in [0.1, 0.15) is 0 Å². The molecule has 0 radical (unpaired) electrons. The van der Waals surface area contributed by atoms with Crippen LogP contribution < -0.4 is 5.73 Å². The summed E-state index contributed by atoms with van der Waals surface area (Å²) in [5, 5.41) is 8.66. The SMILES string of the molecule is Cn1nc(CN)c2cnoc21. The van der Waals surface area contributed by atoms with Crippen LogP contribution in [0.4, 0.5) is 0 Å². The van der Waals surface area contributed by atoms with Crippen LogP contribution in [0.25, 0.3) is 11.1 Å². The minimum atomic E-state index is 0.415. The van der Waals surface area contributed by atoms with E-state index in [1.54, 1.807) is 17.9 Å². The molecule has 2 aromatic heterocycles. The van der Waals surface area contributed by atoms with E-state index >= 15 is 0 Å². The van der Waals surface area contributed by atoms with E-state index in [0.717, 1.165) is 11.1 Å². The van der Waals surface area contributed by atoms with Crippen molar-refractivity contribution in [1.82, 2.24) is 14.9 Å². The van der Waals surface area contributed by atoms with Crippen LogP contribution in [0.5, 0.6) is 0 Å². The van der Waals surface area contributed by atoms with E-state index in [9.17, 15) is 0 Å². The summed E-state index contributed by atoms with van der Waals surface area (Å²) in [6.07, 6.45) is 1.63. The average molecular weight is 152 g/mol. The van der Waals surface area contributed by atoms with Crippen LogP contribution in [-0.2, 0) is 13.6 Å². The fourth-order valence-corrected chi connectivity index (χ4v) is 1.10. The summed E-state index contributed by atoms with van der Waals surface area (Å²) in [7, 11) is 1.80. The van der Waals surface area contributed by atoms with Crippen molar-refractivity contribution in [1.29, 1.82) is 0 Å². The molecule has 0 aromatic carbocycles. The van der Waals surface area contributed by atoms with Crippen LogP contribution in [-0.4, -0.2) is 14.9 Å². The molecule has 0 aliphatic carbocycles. The number of rotatable bonds is 1. The number of fused-ring (bicyclic) bond motifs is 1. The lowest BCUT2D eigenvalue weighted by Gasteiger charge is -1.85. The highest BCUT2D eigenvalue weighted by Crippen LogP contribution is 2.15. The smallest absolute Gasteiger partial charge is 0.256 e. The molecule has 0 saturated carbocycles. The monoisotopic (exact) mass is 152 g/mol. The van der Waals surface area contributed by atoms with E-state index < -0.39 is 0 Å². The van der Waals surface area contributed by atoms with E-state index in [1.165, 1.54) is 0 Å². The van der Waals surface area contributed by atoms with Gasteiger partial charge in [0.2, 0.25) is 0 Å². The highest BCUT2D eigenvalue weighted by molar-refractivity contribution is 5.75. The largest absolute Gasteiger partial charge is 0.336 e. The predicted molar refractivity (Wildman–Crippen MR) is 38.7 cm³/mol. The number of hydrogen-bond acceptors (Lipinski definition) is 4. The first kappa shape index (κ1) is 6.36. The third-order valence-electron chi connectivity index (χ3n) is 1.62. The topological polar surface area (TPSA) is 69.9 Å². The van der Waals surface area contributed by atoms with Gasteiger partial charge in [0.05, 0.1) is 17.3 Å². The van der Waals surface area contributed by atoms with E-state index in [-0.39, 0.29) is 0 Å². The van der Waals surface area contributed by atoms with Gasteiger partial charge in [-0.15, -0.1) is 0 Å². The molecule has 0 spiro atoms. The summed E-state index contributed by atoms with van der Waals surface area (Å²) in [5.74, 6) is 0. The zero-order valence-electron chi connectivity index (χ0n) is 6.11. The first-order valence-electron chi connectivity index (χ1n) is 3.29. The fraction of sp³-hybridized carbons (Fsp3) is 0.333. The molecule has 11 heavy (non-hydrogen) atoms. The van der Waals surface area contributed by atoms with Crippen LogP contribution in [0.3, 0.4) is 0 Å². The summed E-state index contributed by atoms with van der Waals surface area (Å²) in [4.78, 5) is 0. The van der Waals surface area contributed by atoms with Gasteiger partial charge in [-0.05, 0) is 0 Å². The van der Waals surface area contributed by atoms with Gasteiger partial charge in [0.15, 0.2) is 0 Å². The van der Waals surface area contributed by atoms with Gasteiger partial charge >= 0.3 is 0 Å². The Bertz CT molecular complexity index is 375. The molecule has 2 N–H and O–H groups in total. The van der Waals surface area contributed by atoms with Crippen molar-refractivity contribution in [3.8, 4) is 0 Å². The quantitative estimate of drug-likeness (QED) is 0.625. The van der Waals surface area contributed by atoms with Crippen LogP contribution in [0, 0.1) is 0 Å². The molecule has 0 saturated heterocycles. The number of nitrogens with two attached hydrogens (primary N) is 1. The van der Waals surface area contributed by atoms with Crippen molar-refractivity contribution in [3.63, 3.8) is 0 Å². The normalized spacial score (nSPS) is 11.1. The van der Waals surface area contributed by atoms with Gasteiger partial charge in [-0.25, -0.2) is 4.68 Å². The predicted octanol–water partition coefficient (Wildman–Crippen LogP) is 0.0200. The maximum atomic E-state index is 5.44. The molecule has 5 nitrogen and oxygen atoms in total. The van der Waals surface area contributed by atoms with Crippen molar-refractivity contribution in [2.75, 3.05) is 0 Å². The number of hydrogen-bond donors (Lipinski definition) is 1. The first-order chi connectivity index (χ1) is 5.33. The maximum absolute atomic E-state index is 5.44. The summed E-state index contributed by atoms with van der Waals surface area (Å²) in [6, 6.07) is 0. The molecular weight excluding hydrogens is 144 g/mol. The highest BCUT2D eigenvalue weighted by Gasteiger charge is 2.09. The Kier molecular flexibility index (Phi) is 1.19. The summed E-state index contributed by atoms with van der Waals surface area (Å²) in [5.41, 5.74) is 6.94. The van der Waals surface area contributed by atoms with Crippen molar-refractivity contribution in [3.05, 3.63) is 11.9 Å². The Morgan fingerprint density at radius 1 is 1.73 bits per heavy atom. The molecule has 0 atom stereocenters. The fourth-order valence-electron chi connectivity index (χ4n) is 1.10. The molecule has 58 valence electrons. The molecule has 0 amide bonds. The zero-order chi connectivity index (χ0) is 7.84. The van der Waals surface area contributed by atoms with Gasteiger partial charge in [0.25, 0.3) is 5.71 Å². The van der Waals surface area contributed by atoms with Gasteiger partial charge < -0.3 is 10.3 Å². The second-order valence-corrected chi connectivity index (χ2v) is 2.32. The highest BCUT2D eigenvalue weighted by atomic mass is 16.5. The van der Waals surface area contributed by atoms with E-state index in [2.05, 4.69) is 10.3 Å². The van der Waals surface area contributed by atoms with Crippen molar-refractivity contribution in [2.45, 2.75) is 6.54 Å². The lowest BCUT2D eigenvalue weighted by molar-refractivity contribution is 0.432. The molecule has 0 unspecified atom stereocenters. The second kappa shape index (κ2) is 2.06. The standard InChI is InChI=1S/C6H8N4O/c1-10-6-4(3-8-11-6)5(2-7)9-10/h3H,2,7H2,1H3. The number of aryl methyl sites for hydroxylation is 1. The van der Waals surface area contributed by atoms with E-state index in [4.69, 9.17) is 10.3 Å². The molecule has 0 bridgehead atoms. The Balaban J connectivity index is 2.80. The van der Waals surface area contributed by atoms with Gasteiger partial charge in [-0.3, -0.25) is 0 Å². The maximum Gasteiger partial charge on any atom is 0.256 e. The summed E-state index contributed by atoms with van der Waals surface area (Å²) < 4.78 is 6.56. The lowest BCUT2D eigenvalue weighted by atomic mass is 10.3. The van der Waals surface area contributed by atoms with E-state index in [0.29, 0.717) is 12.3 Å². The van der Waals surface area contributed by atoms with Crippen LogP contribution in [0.15, 0.2) is 10.7 Å². The number of nitrogens with zero attached hydrogens (tertiary/aromatic N) is 3. The van der Waals surface area contributed by atoms with Crippen molar-refractivity contribution >= 4 is 11.1 Å². The minimum Gasteiger partial charge on any atom is -0.336 e. The van der Waals surface area contributed by atoms with Gasteiger partial charge in [0, 0.05) is 13.6 Å². The lowest BCUT2D eigenvalue weighted by Crippen LogP contribution is -1.98. The average Bonchev–Trinajstić information content (AvgIpc) is 2.54. The van der Waals surface area contributed by atoms with Gasteiger partial charge in [-0.2, -0.15) is 5.10 Å². The molecular formula is C6H8N4O.